The quantitative estimate of drug-likeness (QED) is 0.438. The van der Waals surface area contributed by atoms with Crippen LogP contribution in [0, 0.1) is 41.4 Å². The molecule has 4 rings (SSSR count). The molecule has 0 aliphatic heterocycles. The molecule has 4 aliphatic carbocycles. The van der Waals surface area contributed by atoms with Crippen molar-refractivity contribution >= 4 is 10.1 Å². The zero-order valence-electron chi connectivity index (χ0n) is 13.0. The monoisotopic (exact) mass is 392 g/mol. The zero-order chi connectivity index (χ0) is 18.6. The van der Waals surface area contributed by atoms with Crippen molar-refractivity contribution in [3.63, 3.8) is 0 Å². The number of halogens is 6. The molecular weight excluding hydrogens is 374 g/mol. The van der Waals surface area contributed by atoms with Gasteiger partial charge in [-0.3, -0.25) is 4.55 Å². The molecular formula is C15H18F6O3S. The van der Waals surface area contributed by atoms with Gasteiger partial charge in [0.2, 0.25) is 0 Å². The Hall–Kier alpha value is -0.510. The fraction of sp³-hybridized carbons (Fsp3) is 1.00. The van der Waals surface area contributed by atoms with Crippen LogP contribution < -0.4 is 0 Å². The van der Waals surface area contributed by atoms with Crippen LogP contribution in [0.25, 0.3) is 0 Å². The Morgan fingerprint density at radius 1 is 0.760 bits per heavy atom. The Bertz CT molecular complexity index is 670. The smallest absolute Gasteiger partial charge is 0.285 e. The van der Waals surface area contributed by atoms with Crippen molar-refractivity contribution in [1.82, 2.24) is 0 Å². The summed E-state index contributed by atoms with van der Waals surface area (Å²) >= 11 is 0. The van der Waals surface area contributed by atoms with Gasteiger partial charge in [-0.25, -0.2) is 0 Å². The molecule has 0 aromatic heterocycles. The number of rotatable bonds is 2. The van der Waals surface area contributed by atoms with E-state index in [0.717, 1.165) is 19.3 Å². The summed E-state index contributed by atoms with van der Waals surface area (Å²) < 4.78 is 109. The van der Waals surface area contributed by atoms with Crippen molar-refractivity contribution in [3.05, 3.63) is 0 Å². The third kappa shape index (κ3) is 2.01. The molecule has 3 nitrogen and oxygen atoms in total. The van der Waals surface area contributed by atoms with Gasteiger partial charge in [0.1, 0.15) is 0 Å². The molecule has 10 heteroatoms. The largest absolute Gasteiger partial charge is 0.419 e. The third-order valence-corrected chi connectivity index (χ3v) is 9.08. The van der Waals surface area contributed by atoms with E-state index in [4.69, 9.17) is 0 Å². The van der Waals surface area contributed by atoms with Gasteiger partial charge in [0.25, 0.3) is 14.9 Å². The molecule has 144 valence electrons. The van der Waals surface area contributed by atoms with Crippen molar-refractivity contribution in [2.24, 2.45) is 41.4 Å². The second kappa shape index (κ2) is 4.85. The lowest BCUT2D eigenvalue weighted by Crippen LogP contribution is -2.67. The second-order valence-corrected chi connectivity index (χ2v) is 9.79. The Balaban J connectivity index is 1.83. The van der Waals surface area contributed by atoms with Crippen molar-refractivity contribution in [2.45, 2.75) is 49.2 Å². The normalized spacial score (nSPS) is 43.7. The lowest BCUT2D eigenvalue weighted by Gasteiger charge is -2.46. The number of hydrogen-bond donors (Lipinski definition) is 1. The van der Waals surface area contributed by atoms with Crippen LogP contribution in [0.15, 0.2) is 0 Å². The van der Waals surface area contributed by atoms with Crippen molar-refractivity contribution in [3.8, 4) is 0 Å². The minimum Gasteiger partial charge on any atom is -0.285 e. The molecule has 0 aromatic carbocycles. The molecule has 4 saturated carbocycles. The van der Waals surface area contributed by atoms with Gasteiger partial charge < -0.3 is 0 Å². The summed E-state index contributed by atoms with van der Waals surface area (Å²) in [5.74, 6) is -3.12. The van der Waals surface area contributed by atoms with Crippen LogP contribution in [-0.4, -0.2) is 30.1 Å². The van der Waals surface area contributed by atoms with E-state index >= 15 is 0 Å². The molecule has 0 spiro atoms. The molecule has 0 saturated heterocycles. The highest BCUT2D eigenvalue weighted by Gasteiger charge is 2.84. The molecule has 1 N–H and O–H groups in total. The average molecular weight is 392 g/mol. The molecule has 4 aliphatic rings. The molecule has 0 radical (unpaired) electrons. The van der Waals surface area contributed by atoms with Crippen LogP contribution in [-0.2, 0) is 10.1 Å². The van der Waals surface area contributed by atoms with Crippen LogP contribution in [0.1, 0.15) is 32.1 Å². The fourth-order valence-corrected chi connectivity index (χ4v) is 8.34. The van der Waals surface area contributed by atoms with Crippen LogP contribution >= 0.6 is 0 Å². The van der Waals surface area contributed by atoms with Crippen molar-refractivity contribution in [1.29, 1.82) is 0 Å². The van der Waals surface area contributed by atoms with Crippen molar-refractivity contribution in [2.75, 3.05) is 0 Å². The summed E-state index contributed by atoms with van der Waals surface area (Å²) in [6.07, 6.45) is -9.90. The van der Waals surface area contributed by atoms with E-state index in [-0.39, 0.29) is 30.1 Å². The SMILES string of the molecule is O=S(=O)(O)C(C1CC2CC1C1C3CCC(C3)C21)(C(F)(F)F)C(F)(F)F. The van der Waals surface area contributed by atoms with E-state index < -0.39 is 45.5 Å². The summed E-state index contributed by atoms with van der Waals surface area (Å²) in [6.45, 7) is 0. The van der Waals surface area contributed by atoms with Crippen LogP contribution in [0.4, 0.5) is 26.3 Å². The minimum atomic E-state index is -6.44. The van der Waals surface area contributed by atoms with E-state index in [1.54, 1.807) is 0 Å². The maximum atomic E-state index is 13.6. The Labute approximate surface area is 140 Å². The number of fused-ring (bicyclic) bond motifs is 9. The van der Waals surface area contributed by atoms with E-state index in [1.165, 1.54) is 0 Å². The van der Waals surface area contributed by atoms with Crippen LogP contribution in [0.3, 0.4) is 0 Å². The molecule has 4 fully saturated rings. The van der Waals surface area contributed by atoms with E-state index in [2.05, 4.69) is 0 Å². The van der Waals surface area contributed by atoms with Crippen molar-refractivity contribution < 1.29 is 39.3 Å². The zero-order valence-corrected chi connectivity index (χ0v) is 13.8. The fourth-order valence-electron chi connectivity index (χ4n) is 7.10. The standard InChI is InChI=1S/C15H18F6O3S/c16-14(17,18)13(15(19,20)21,25(22,23)24)10-5-8-4-9(10)12-7-2-1-6(3-7)11(8)12/h6-12H,1-5H2,(H,22,23,24). The molecule has 0 aromatic rings. The predicted octanol–water partition coefficient (Wildman–Crippen LogP) is 4.06. The summed E-state index contributed by atoms with van der Waals surface area (Å²) in [6, 6.07) is 0. The summed E-state index contributed by atoms with van der Waals surface area (Å²) in [5, 5.41) is 0. The maximum absolute atomic E-state index is 13.6. The number of alkyl halides is 6. The molecule has 7 unspecified atom stereocenters. The Morgan fingerprint density at radius 2 is 1.28 bits per heavy atom. The third-order valence-electron chi connectivity index (χ3n) is 7.51. The van der Waals surface area contributed by atoms with Gasteiger partial charge in [0, 0.05) is 5.92 Å². The highest BCUT2D eigenvalue weighted by atomic mass is 32.2. The molecule has 4 bridgehead atoms. The predicted molar refractivity (Wildman–Crippen MR) is 73.9 cm³/mol. The van der Waals surface area contributed by atoms with Gasteiger partial charge >= 0.3 is 12.4 Å². The van der Waals surface area contributed by atoms with Gasteiger partial charge in [-0.1, -0.05) is 0 Å². The lowest BCUT2D eigenvalue weighted by atomic mass is 9.64. The van der Waals surface area contributed by atoms with Gasteiger partial charge in [-0.2, -0.15) is 34.8 Å². The van der Waals surface area contributed by atoms with Gasteiger partial charge in [0.15, 0.2) is 0 Å². The highest BCUT2D eigenvalue weighted by Crippen LogP contribution is 2.72. The molecule has 0 amide bonds. The molecule has 7 atom stereocenters. The Kier molecular flexibility index (Phi) is 3.47. The second-order valence-electron chi connectivity index (χ2n) is 8.20. The van der Waals surface area contributed by atoms with Crippen LogP contribution in [0.5, 0.6) is 0 Å². The minimum absolute atomic E-state index is 0.0911. The molecule has 25 heavy (non-hydrogen) atoms. The van der Waals surface area contributed by atoms with Gasteiger partial charge in [0.05, 0.1) is 0 Å². The Morgan fingerprint density at radius 3 is 1.76 bits per heavy atom. The topological polar surface area (TPSA) is 54.4 Å². The average Bonchev–Trinajstić information content (AvgIpc) is 3.12. The summed E-state index contributed by atoms with van der Waals surface area (Å²) in [4.78, 5) is 0. The van der Waals surface area contributed by atoms with E-state index in [9.17, 15) is 39.3 Å². The first-order valence-electron chi connectivity index (χ1n) is 8.41. The first-order valence-corrected chi connectivity index (χ1v) is 9.85. The maximum Gasteiger partial charge on any atom is 0.419 e. The van der Waals surface area contributed by atoms with E-state index in [0.29, 0.717) is 5.92 Å². The highest BCUT2D eigenvalue weighted by molar-refractivity contribution is 7.87. The van der Waals surface area contributed by atoms with Gasteiger partial charge in [-0.05, 0) is 67.6 Å². The molecule has 0 heterocycles. The first kappa shape index (κ1) is 17.9. The van der Waals surface area contributed by atoms with Gasteiger partial charge in [-0.15, -0.1) is 0 Å². The summed E-state index contributed by atoms with van der Waals surface area (Å²) in [7, 11) is -6.44. The lowest BCUT2D eigenvalue weighted by molar-refractivity contribution is -0.288. The summed E-state index contributed by atoms with van der Waals surface area (Å²) in [5.41, 5.74) is 0. The van der Waals surface area contributed by atoms with Crippen LogP contribution in [0.2, 0.25) is 0 Å². The number of hydrogen-bond acceptors (Lipinski definition) is 2. The first-order chi connectivity index (χ1) is 11.3. The van der Waals surface area contributed by atoms with E-state index in [1.807, 2.05) is 0 Å².